The van der Waals surface area contributed by atoms with Crippen molar-refractivity contribution in [3.63, 3.8) is 0 Å². The monoisotopic (exact) mass is 340 g/mol. The third-order valence-electron chi connectivity index (χ3n) is 3.95. The number of hydrogen-bond donors (Lipinski definition) is 1. The number of benzene rings is 1. The zero-order valence-electron chi connectivity index (χ0n) is 14.3. The molecular weight excluding hydrogens is 320 g/mol. The number of rotatable bonds is 4. The van der Waals surface area contributed by atoms with Gasteiger partial charge in [0.1, 0.15) is 0 Å². The van der Waals surface area contributed by atoms with Gasteiger partial charge in [-0.3, -0.25) is 4.79 Å². The van der Waals surface area contributed by atoms with E-state index in [0.29, 0.717) is 0 Å². The molecular formula is C18H20N4OS. The molecule has 0 aliphatic heterocycles. The number of amides is 1. The molecule has 0 unspecified atom stereocenters. The van der Waals surface area contributed by atoms with Gasteiger partial charge in [-0.15, -0.1) is 11.3 Å². The number of anilines is 1. The third-order valence-corrected chi connectivity index (χ3v) is 4.82. The van der Waals surface area contributed by atoms with Crippen molar-refractivity contribution in [2.45, 2.75) is 34.1 Å². The van der Waals surface area contributed by atoms with Crippen LogP contribution in [-0.4, -0.2) is 20.7 Å². The highest BCUT2D eigenvalue weighted by molar-refractivity contribution is 7.12. The van der Waals surface area contributed by atoms with E-state index in [1.807, 2.05) is 62.0 Å². The van der Waals surface area contributed by atoms with E-state index in [0.717, 1.165) is 39.0 Å². The van der Waals surface area contributed by atoms with Crippen LogP contribution in [0.15, 0.2) is 29.6 Å². The molecule has 0 saturated carbocycles. The first kappa shape index (κ1) is 16.4. The molecule has 24 heavy (non-hydrogen) atoms. The fourth-order valence-corrected chi connectivity index (χ4v) is 3.37. The van der Waals surface area contributed by atoms with Gasteiger partial charge < -0.3 is 5.32 Å². The van der Waals surface area contributed by atoms with Gasteiger partial charge >= 0.3 is 0 Å². The second-order valence-corrected chi connectivity index (χ2v) is 6.77. The summed E-state index contributed by atoms with van der Waals surface area (Å²) < 4.78 is 1.81. The molecule has 0 saturated heterocycles. The Kier molecular flexibility index (Phi) is 4.49. The van der Waals surface area contributed by atoms with Gasteiger partial charge in [0.2, 0.25) is 11.0 Å². The number of carbonyl (C=O) groups is 1. The van der Waals surface area contributed by atoms with Crippen LogP contribution in [0.4, 0.5) is 5.69 Å². The normalized spacial score (nSPS) is 10.8. The number of thiazole rings is 1. The maximum absolute atomic E-state index is 12.3. The van der Waals surface area contributed by atoms with Crippen molar-refractivity contribution in [2.24, 2.45) is 0 Å². The maximum atomic E-state index is 12.3. The molecule has 0 aliphatic rings. The van der Waals surface area contributed by atoms with Gasteiger partial charge in [-0.25, -0.2) is 9.67 Å². The summed E-state index contributed by atoms with van der Waals surface area (Å²) in [4.78, 5) is 16.8. The highest BCUT2D eigenvalue weighted by Gasteiger charge is 2.12. The minimum atomic E-state index is -0.0612. The second-order valence-electron chi connectivity index (χ2n) is 5.93. The van der Waals surface area contributed by atoms with Crippen LogP contribution < -0.4 is 5.32 Å². The lowest BCUT2D eigenvalue weighted by atomic mass is 10.1. The number of aryl methyl sites for hydroxylation is 3. The van der Waals surface area contributed by atoms with Crippen molar-refractivity contribution < 1.29 is 4.79 Å². The Hall–Kier alpha value is -2.47. The van der Waals surface area contributed by atoms with Crippen molar-refractivity contribution in [2.75, 3.05) is 5.32 Å². The number of nitrogens with zero attached hydrogens (tertiary/aromatic N) is 3. The molecule has 1 aromatic carbocycles. The van der Waals surface area contributed by atoms with E-state index in [1.165, 1.54) is 11.3 Å². The number of carbonyl (C=O) groups excluding carboxylic acids is 1. The Morgan fingerprint density at radius 3 is 2.75 bits per heavy atom. The Morgan fingerprint density at radius 2 is 2.04 bits per heavy atom. The lowest BCUT2D eigenvalue weighted by molar-refractivity contribution is -0.115. The van der Waals surface area contributed by atoms with E-state index < -0.39 is 0 Å². The third kappa shape index (κ3) is 3.38. The minimum absolute atomic E-state index is 0.0612. The molecule has 0 bridgehead atoms. The average molecular weight is 340 g/mol. The molecule has 3 aromatic rings. The quantitative estimate of drug-likeness (QED) is 0.787. The molecule has 6 heteroatoms. The van der Waals surface area contributed by atoms with Gasteiger partial charge in [-0.1, -0.05) is 12.1 Å². The van der Waals surface area contributed by atoms with Crippen molar-refractivity contribution in [3.8, 4) is 5.13 Å². The predicted octanol–water partition coefficient (Wildman–Crippen LogP) is 3.74. The lowest BCUT2D eigenvalue weighted by Gasteiger charge is -2.09. The second kappa shape index (κ2) is 6.57. The highest BCUT2D eigenvalue weighted by atomic mass is 32.1. The molecule has 124 valence electrons. The maximum Gasteiger partial charge on any atom is 0.230 e. The number of nitrogens with one attached hydrogen (secondary N) is 1. The van der Waals surface area contributed by atoms with Gasteiger partial charge in [0, 0.05) is 16.8 Å². The fourth-order valence-electron chi connectivity index (χ4n) is 2.54. The predicted molar refractivity (Wildman–Crippen MR) is 97.0 cm³/mol. The van der Waals surface area contributed by atoms with Crippen LogP contribution in [0.5, 0.6) is 0 Å². The van der Waals surface area contributed by atoms with Crippen molar-refractivity contribution in [1.82, 2.24) is 14.8 Å². The number of hydrogen-bond acceptors (Lipinski definition) is 4. The molecule has 3 rings (SSSR count). The molecule has 5 nitrogen and oxygen atoms in total. The number of aromatic nitrogens is 3. The standard InChI is InChI=1S/C18H20N4OS/c1-11-6-5-7-16(14(11)4)20-17(23)9-15-10-24-18(19-15)22-13(3)8-12(2)21-22/h5-8,10H,9H2,1-4H3,(H,20,23). The van der Waals surface area contributed by atoms with E-state index in [9.17, 15) is 4.79 Å². The summed E-state index contributed by atoms with van der Waals surface area (Å²) in [5.41, 5.74) is 5.85. The zero-order chi connectivity index (χ0) is 17.3. The van der Waals surface area contributed by atoms with Crippen LogP contribution >= 0.6 is 11.3 Å². The Balaban J connectivity index is 1.71. The molecule has 2 aromatic heterocycles. The Labute approximate surface area is 145 Å². The Morgan fingerprint density at radius 1 is 1.25 bits per heavy atom. The van der Waals surface area contributed by atoms with E-state index in [4.69, 9.17) is 0 Å². The van der Waals surface area contributed by atoms with Gasteiger partial charge in [0.25, 0.3) is 0 Å². The van der Waals surface area contributed by atoms with Gasteiger partial charge in [0.15, 0.2) is 0 Å². The summed E-state index contributed by atoms with van der Waals surface area (Å²) in [6.45, 7) is 7.99. The Bertz CT molecular complexity index is 894. The van der Waals surface area contributed by atoms with Crippen LogP contribution in [0.2, 0.25) is 0 Å². The van der Waals surface area contributed by atoms with Crippen molar-refractivity contribution in [1.29, 1.82) is 0 Å². The summed E-state index contributed by atoms with van der Waals surface area (Å²) in [5, 5.41) is 10.1. The van der Waals surface area contributed by atoms with Crippen molar-refractivity contribution in [3.05, 3.63) is 57.9 Å². The minimum Gasteiger partial charge on any atom is -0.325 e. The summed E-state index contributed by atoms with van der Waals surface area (Å²) in [6, 6.07) is 7.91. The SMILES string of the molecule is Cc1cc(C)n(-c2nc(CC(=O)Nc3cccc(C)c3C)cs2)n1. The summed E-state index contributed by atoms with van der Waals surface area (Å²) in [6.07, 6.45) is 0.253. The van der Waals surface area contributed by atoms with Crippen molar-refractivity contribution >= 4 is 22.9 Å². The molecule has 0 atom stereocenters. The van der Waals surface area contributed by atoms with Gasteiger partial charge in [0.05, 0.1) is 17.8 Å². The molecule has 0 aliphatic carbocycles. The van der Waals surface area contributed by atoms with Gasteiger partial charge in [-0.05, 0) is 51.0 Å². The van der Waals surface area contributed by atoms with Crippen LogP contribution in [-0.2, 0) is 11.2 Å². The van der Waals surface area contributed by atoms with Crippen LogP contribution in [0.3, 0.4) is 0 Å². The fraction of sp³-hybridized carbons (Fsp3) is 0.278. The highest BCUT2D eigenvalue weighted by Crippen LogP contribution is 2.20. The van der Waals surface area contributed by atoms with Crippen LogP contribution in [0, 0.1) is 27.7 Å². The van der Waals surface area contributed by atoms with E-state index >= 15 is 0 Å². The van der Waals surface area contributed by atoms with Crippen LogP contribution in [0.25, 0.3) is 5.13 Å². The zero-order valence-corrected chi connectivity index (χ0v) is 15.1. The first-order chi connectivity index (χ1) is 11.4. The summed E-state index contributed by atoms with van der Waals surface area (Å²) in [7, 11) is 0. The average Bonchev–Trinajstić information content (AvgIpc) is 3.10. The molecule has 0 spiro atoms. The first-order valence-electron chi connectivity index (χ1n) is 7.78. The molecule has 0 fully saturated rings. The first-order valence-corrected chi connectivity index (χ1v) is 8.66. The van der Waals surface area contributed by atoms with Gasteiger partial charge in [-0.2, -0.15) is 5.10 Å². The summed E-state index contributed by atoms with van der Waals surface area (Å²) in [5.74, 6) is -0.0612. The van der Waals surface area contributed by atoms with E-state index in [-0.39, 0.29) is 12.3 Å². The smallest absolute Gasteiger partial charge is 0.230 e. The molecule has 1 amide bonds. The van der Waals surface area contributed by atoms with E-state index in [1.54, 1.807) is 0 Å². The topological polar surface area (TPSA) is 59.8 Å². The largest absolute Gasteiger partial charge is 0.325 e. The summed E-state index contributed by atoms with van der Waals surface area (Å²) >= 11 is 1.49. The molecule has 2 heterocycles. The van der Waals surface area contributed by atoms with Crippen LogP contribution in [0.1, 0.15) is 28.2 Å². The van der Waals surface area contributed by atoms with E-state index in [2.05, 4.69) is 15.4 Å². The molecule has 0 radical (unpaired) electrons. The molecule has 1 N–H and O–H groups in total. The lowest BCUT2D eigenvalue weighted by Crippen LogP contribution is -2.15.